The Labute approximate surface area is 93.7 Å². The van der Waals surface area contributed by atoms with Crippen LogP contribution < -0.4 is 5.32 Å². The molecule has 2 rings (SSSR count). The van der Waals surface area contributed by atoms with Crippen molar-refractivity contribution in [3.05, 3.63) is 35.4 Å². The fourth-order valence-corrected chi connectivity index (χ4v) is 1.38. The van der Waals surface area contributed by atoms with Crippen LogP contribution in [0.25, 0.3) is 0 Å². The van der Waals surface area contributed by atoms with E-state index in [9.17, 15) is 0 Å². The van der Waals surface area contributed by atoms with Gasteiger partial charge in [-0.15, -0.1) is 10.2 Å². The summed E-state index contributed by atoms with van der Waals surface area (Å²) in [6, 6.07) is 2.00. The fraction of sp³-hybridized carbons (Fsp3) is 0.400. The first kappa shape index (κ1) is 10.7. The maximum absolute atomic E-state index is 4.09. The second-order valence-corrected chi connectivity index (χ2v) is 3.60. The molecule has 0 aliphatic rings. The van der Waals surface area contributed by atoms with Gasteiger partial charge in [-0.1, -0.05) is 0 Å². The van der Waals surface area contributed by atoms with Crippen molar-refractivity contribution in [1.29, 1.82) is 0 Å². The van der Waals surface area contributed by atoms with Crippen molar-refractivity contribution < 1.29 is 0 Å². The van der Waals surface area contributed by atoms with E-state index in [1.165, 1.54) is 15.9 Å². The van der Waals surface area contributed by atoms with Crippen molar-refractivity contribution in [2.24, 2.45) is 7.05 Å². The second-order valence-electron chi connectivity index (χ2n) is 3.60. The molecule has 0 radical (unpaired) electrons. The Morgan fingerprint density at radius 2 is 2.25 bits per heavy atom. The minimum atomic E-state index is 0.613. The first-order chi connectivity index (χ1) is 7.75. The zero-order valence-corrected chi connectivity index (χ0v) is 9.38. The average molecular weight is 218 g/mol. The first-order valence-corrected chi connectivity index (χ1v) is 5.09. The number of nitrogens with zero attached hydrogens (tertiary/aromatic N) is 5. The topological polar surface area (TPSA) is 68.5 Å². The van der Waals surface area contributed by atoms with Gasteiger partial charge in [-0.2, -0.15) is 4.80 Å². The van der Waals surface area contributed by atoms with Gasteiger partial charge in [0.2, 0.25) is 0 Å². The molecule has 1 N–H and O–H groups in total. The molecule has 0 amide bonds. The summed E-state index contributed by atoms with van der Waals surface area (Å²) in [7, 11) is 1.75. The standard InChI is InChI=1S/C10H14N6/c1-8-3-4-11-5-9(8)6-12-7-10-13-15-16(2)14-10/h3-5,12H,6-7H2,1-2H3. The summed E-state index contributed by atoms with van der Waals surface area (Å²) in [6.07, 6.45) is 3.66. The fourth-order valence-electron chi connectivity index (χ4n) is 1.38. The lowest BCUT2D eigenvalue weighted by molar-refractivity contribution is 0.619. The molecule has 0 saturated heterocycles. The third kappa shape index (κ3) is 2.60. The lowest BCUT2D eigenvalue weighted by Gasteiger charge is -2.04. The van der Waals surface area contributed by atoms with Crippen LogP contribution in [0.4, 0.5) is 0 Å². The van der Waals surface area contributed by atoms with E-state index in [-0.39, 0.29) is 0 Å². The van der Waals surface area contributed by atoms with Gasteiger partial charge < -0.3 is 5.32 Å². The molecule has 0 aromatic carbocycles. The molecule has 2 heterocycles. The molecule has 0 spiro atoms. The molecule has 0 aliphatic heterocycles. The number of rotatable bonds is 4. The van der Waals surface area contributed by atoms with Crippen LogP contribution in [0.2, 0.25) is 0 Å². The Morgan fingerprint density at radius 1 is 1.38 bits per heavy atom. The van der Waals surface area contributed by atoms with E-state index in [0.29, 0.717) is 12.4 Å². The Balaban J connectivity index is 1.87. The Hall–Kier alpha value is -1.82. The molecule has 16 heavy (non-hydrogen) atoms. The Morgan fingerprint density at radius 3 is 2.94 bits per heavy atom. The van der Waals surface area contributed by atoms with E-state index >= 15 is 0 Å². The summed E-state index contributed by atoms with van der Waals surface area (Å²) >= 11 is 0. The smallest absolute Gasteiger partial charge is 0.188 e. The van der Waals surface area contributed by atoms with Crippen LogP contribution in [0.15, 0.2) is 18.5 Å². The van der Waals surface area contributed by atoms with Gasteiger partial charge in [-0.05, 0) is 29.3 Å². The van der Waals surface area contributed by atoms with Gasteiger partial charge in [0, 0.05) is 18.9 Å². The first-order valence-electron chi connectivity index (χ1n) is 5.09. The van der Waals surface area contributed by atoms with Crippen molar-refractivity contribution in [3.8, 4) is 0 Å². The minimum absolute atomic E-state index is 0.613. The SMILES string of the molecule is Cc1ccncc1CNCc1nnn(C)n1. The monoisotopic (exact) mass is 218 g/mol. The van der Waals surface area contributed by atoms with Crippen LogP contribution in [-0.4, -0.2) is 25.2 Å². The highest BCUT2D eigenvalue weighted by atomic mass is 15.6. The summed E-state index contributed by atoms with van der Waals surface area (Å²) in [4.78, 5) is 5.54. The molecular weight excluding hydrogens is 204 g/mol. The highest BCUT2D eigenvalue weighted by molar-refractivity contribution is 5.20. The molecular formula is C10H14N6. The third-order valence-corrected chi connectivity index (χ3v) is 2.30. The van der Waals surface area contributed by atoms with Crippen LogP contribution >= 0.6 is 0 Å². The van der Waals surface area contributed by atoms with Gasteiger partial charge in [0.05, 0.1) is 13.6 Å². The van der Waals surface area contributed by atoms with Crippen LogP contribution in [0.1, 0.15) is 17.0 Å². The molecule has 2 aromatic heterocycles. The van der Waals surface area contributed by atoms with E-state index in [0.717, 1.165) is 6.54 Å². The van der Waals surface area contributed by atoms with Crippen LogP contribution in [-0.2, 0) is 20.1 Å². The third-order valence-electron chi connectivity index (χ3n) is 2.30. The molecule has 0 saturated carbocycles. The summed E-state index contributed by atoms with van der Waals surface area (Å²) in [5.74, 6) is 0.698. The lowest BCUT2D eigenvalue weighted by atomic mass is 10.1. The number of tetrazole rings is 1. The maximum atomic E-state index is 4.09. The van der Waals surface area contributed by atoms with E-state index in [4.69, 9.17) is 0 Å². The molecule has 0 unspecified atom stereocenters. The molecule has 0 atom stereocenters. The highest BCUT2D eigenvalue weighted by Gasteiger charge is 2.01. The van der Waals surface area contributed by atoms with Crippen molar-refractivity contribution >= 4 is 0 Å². The van der Waals surface area contributed by atoms with Gasteiger partial charge in [0.1, 0.15) is 0 Å². The second kappa shape index (κ2) is 4.80. The normalized spacial score (nSPS) is 10.6. The van der Waals surface area contributed by atoms with E-state index in [2.05, 4.69) is 32.6 Å². The Kier molecular flexibility index (Phi) is 3.21. The van der Waals surface area contributed by atoms with Crippen molar-refractivity contribution in [2.75, 3.05) is 0 Å². The quantitative estimate of drug-likeness (QED) is 0.794. The number of pyridine rings is 1. The van der Waals surface area contributed by atoms with E-state index in [1.807, 2.05) is 12.3 Å². The molecule has 6 heteroatoms. The molecule has 0 aliphatic carbocycles. The van der Waals surface area contributed by atoms with Crippen molar-refractivity contribution in [3.63, 3.8) is 0 Å². The van der Waals surface area contributed by atoms with E-state index in [1.54, 1.807) is 13.2 Å². The number of nitrogens with one attached hydrogen (secondary N) is 1. The summed E-state index contributed by atoms with van der Waals surface area (Å²) in [5.41, 5.74) is 2.42. The molecule has 84 valence electrons. The van der Waals surface area contributed by atoms with Gasteiger partial charge in [0.15, 0.2) is 5.82 Å². The van der Waals surface area contributed by atoms with Gasteiger partial charge in [-0.25, -0.2) is 0 Å². The molecule has 2 aromatic rings. The number of aryl methyl sites for hydroxylation is 2. The zero-order valence-electron chi connectivity index (χ0n) is 9.38. The van der Waals surface area contributed by atoms with Crippen LogP contribution in [0.3, 0.4) is 0 Å². The van der Waals surface area contributed by atoms with Crippen LogP contribution in [0, 0.1) is 6.92 Å². The van der Waals surface area contributed by atoms with E-state index < -0.39 is 0 Å². The summed E-state index contributed by atoms with van der Waals surface area (Å²) in [5, 5.41) is 15.0. The predicted molar refractivity (Wildman–Crippen MR) is 58.3 cm³/mol. The molecule has 0 bridgehead atoms. The van der Waals surface area contributed by atoms with Crippen LogP contribution in [0.5, 0.6) is 0 Å². The van der Waals surface area contributed by atoms with Crippen molar-refractivity contribution in [1.82, 2.24) is 30.5 Å². The highest BCUT2D eigenvalue weighted by Crippen LogP contribution is 2.03. The number of hydrogen-bond donors (Lipinski definition) is 1. The Bertz CT molecular complexity index is 464. The summed E-state index contributed by atoms with van der Waals surface area (Å²) in [6.45, 7) is 3.44. The molecule has 6 nitrogen and oxygen atoms in total. The largest absolute Gasteiger partial charge is 0.306 e. The minimum Gasteiger partial charge on any atom is -0.306 e. The maximum Gasteiger partial charge on any atom is 0.188 e. The predicted octanol–water partition coefficient (Wildman–Crippen LogP) is 0.203. The van der Waals surface area contributed by atoms with Crippen molar-refractivity contribution in [2.45, 2.75) is 20.0 Å². The number of hydrogen-bond acceptors (Lipinski definition) is 5. The molecule has 0 fully saturated rings. The van der Waals surface area contributed by atoms with Gasteiger partial charge in [0.25, 0.3) is 0 Å². The average Bonchev–Trinajstić information content (AvgIpc) is 2.67. The lowest BCUT2D eigenvalue weighted by Crippen LogP contribution is -2.14. The zero-order chi connectivity index (χ0) is 11.4. The number of aromatic nitrogens is 5. The van der Waals surface area contributed by atoms with Gasteiger partial charge >= 0.3 is 0 Å². The van der Waals surface area contributed by atoms with Gasteiger partial charge in [-0.3, -0.25) is 4.98 Å². The summed E-state index contributed by atoms with van der Waals surface area (Å²) < 4.78 is 0.